The summed E-state index contributed by atoms with van der Waals surface area (Å²) in [4.78, 5) is 30.3. The van der Waals surface area contributed by atoms with Gasteiger partial charge in [0.2, 0.25) is 0 Å². The zero-order chi connectivity index (χ0) is 20.5. The number of hydrogen-bond acceptors (Lipinski definition) is 5. The van der Waals surface area contributed by atoms with Gasteiger partial charge in [-0.05, 0) is 42.3 Å². The second-order valence-corrected chi connectivity index (χ2v) is 7.48. The molecule has 0 atom stereocenters. The van der Waals surface area contributed by atoms with Crippen molar-refractivity contribution < 1.29 is 23.1 Å². The van der Waals surface area contributed by atoms with E-state index in [0.29, 0.717) is 34.0 Å². The third-order valence-corrected chi connectivity index (χ3v) is 5.43. The summed E-state index contributed by atoms with van der Waals surface area (Å²) in [7, 11) is 0. The lowest BCUT2D eigenvalue weighted by atomic mass is 10.1. The maximum absolute atomic E-state index is 13.5. The Bertz CT molecular complexity index is 1050. The normalized spacial score (nSPS) is 13.1. The van der Waals surface area contributed by atoms with E-state index >= 15 is 0 Å². The maximum atomic E-state index is 13.5. The van der Waals surface area contributed by atoms with E-state index in [2.05, 4.69) is 4.98 Å². The molecule has 0 aliphatic carbocycles. The Kier molecular flexibility index (Phi) is 5.10. The SMILES string of the molecule is Cc1cc(COc2nc(CCN3C(=O)c4ccccc4C3=O)cs2)cc(F)c1F. The van der Waals surface area contributed by atoms with Crippen molar-refractivity contribution in [2.75, 3.05) is 6.54 Å². The van der Waals surface area contributed by atoms with Gasteiger partial charge in [-0.1, -0.05) is 23.5 Å². The predicted molar refractivity (Wildman–Crippen MR) is 103 cm³/mol. The first kappa shape index (κ1) is 19.2. The van der Waals surface area contributed by atoms with Gasteiger partial charge in [-0.3, -0.25) is 14.5 Å². The number of benzene rings is 2. The van der Waals surface area contributed by atoms with E-state index < -0.39 is 11.6 Å². The Hall–Kier alpha value is -3.13. The average Bonchev–Trinajstić information content (AvgIpc) is 3.26. The molecule has 5 nitrogen and oxygen atoms in total. The van der Waals surface area contributed by atoms with Gasteiger partial charge in [0.1, 0.15) is 6.61 Å². The van der Waals surface area contributed by atoms with Crippen LogP contribution in [0.5, 0.6) is 5.19 Å². The summed E-state index contributed by atoms with van der Waals surface area (Å²) in [5.41, 5.74) is 2.24. The Morgan fingerprint density at radius 1 is 1.10 bits per heavy atom. The smallest absolute Gasteiger partial charge is 0.273 e. The second-order valence-electron chi connectivity index (χ2n) is 6.66. The molecule has 8 heteroatoms. The minimum Gasteiger partial charge on any atom is -0.465 e. The van der Waals surface area contributed by atoms with Crippen molar-refractivity contribution in [2.24, 2.45) is 0 Å². The molecule has 2 amide bonds. The quantitative estimate of drug-likeness (QED) is 0.569. The molecule has 0 saturated heterocycles. The molecule has 148 valence electrons. The molecule has 2 aromatic carbocycles. The van der Waals surface area contributed by atoms with Crippen LogP contribution in [0.3, 0.4) is 0 Å². The van der Waals surface area contributed by atoms with Crippen LogP contribution in [0.4, 0.5) is 8.78 Å². The van der Waals surface area contributed by atoms with Crippen LogP contribution >= 0.6 is 11.3 Å². The molecule has 1 aromatic heterocycles. The number of rotatable bonds is 6. The first-order chi connectivity index (χ1) is 13.9. The second kappa shape index (κ2) is 7.71. The van der Waals surface area contributed by atoms with Gasteiger partial charge in [-0.2, -0.15) is 0 Å². The van der Waals surface area contributed by atoms with Crippen molar-refractivity contribution in [1.29, 1.82) is 0 Å². The minimum absolute atomic E-state index is 0.0589. The summed E-state index contributed by atoms with van der Waals surface area (Å²) < 4.78 is 32.4. The van der Waals surface area contributed by atoms with E-state index in [1.54, 1.807) is 29.6 Å². The lowest BCUT2D eigenvalue weighted by molar-refractivity contribution is 0.0656. The van der Waals surface area contributed by atoms with Gasteiger partial charge in [-0.25, -0.2) is 13.8 Å². The average molecular weight is 414 g/mol. The summed E-state index contributed by atoms with van der Waals surface area (Å²) in [6.07, 6.45) is 0.398. The first-order valence-electron chi connectivity index (χ1n) is 8.91. The number of hydrogen-bond donors (Lipinski definition) is 0. The third-order valence-electron chi connectivity index (χ3n) is 4.63. The molecular formula is C21H16F2N2O3S. The molecule has 29 heavy (non-hydrogen) atoms. The largest absolute Gasteiger partial charge is 0.465 e. The van der Waals surface area contributed by atoms with Gasteiger partial charge >= 0.3 is 0 Å². The van der Waals surface area contributed by atoms with Crippen molar-refractivity contribution in [2.45, 2.75) is 20.0 Å². The standard InChI is InChI=1S/C21H16F2N2O3S/c1-12-8-13(9-17(22)18(12)23)10-28-21-24-14(11-29-21)6-7-25-19(26)15-4-2-3-5-16(15)20(25)27/h2-5,8-9,11H,6-7,10H2,1H3. The highest BCUT2D eigenvalue weighted by atomic mass is 32.1. The fraction of sp³-hybridized carbons (Fsp3) is 0.190. The van der Waals surface area contributed by atoms with Gasteiger partial charge in [0, 0.05) is 18.3 Å². The number of carbonyl (C=O) groups is 2. The molecule has 2 heterocycles. The van der Waals surface area contributed by atoms with E-state index in [4.69, 9.17) is 4.74 Å². The zero-order valence-electron chi connectivity index (χ0n) is 15.4. The van der Waals surface area contributed by atoms with E-state index in [1.165, 1.54) is 29.2 Å². The molecular weight excluding hydrogens is 398 g/mol. The molecule has 1 aliphatic rings. The van der Waals surface area contributed by atoms with Crippen LogP contribution in [0.1, 0.15) is 37.5 Å². The monoisotopic (exact) mass is 414 g/mol. The van der Waals surface area contributed by atoms with Crippen molar-refractivity contribution in [3.8, 4) is 5.19 Å². The van der Waals surface area contributed by atoms with E-state index in [-0.39, 0.29) is 30.5 Å². The molecule has 0 bridgehead atoms. The fourth-order valence-electron chi connectivity index (χ4n) is 3.16. The molecule has 4 rings (SSSR count). The fourth-order valence-corrected chi connectivity index (χ4v) is 3.87. The number of aryl methyl sites for hydroxylation is 1. The number of halogens is 2. The summed E-state index contributed by atoms with van der Waals surface area (Å²) in [6.45, 7) is 1.77. The predicted octanol–water partition coefficient (Wildman–Crippen LogP) is 4.15. The molecule has 0 saturated carbocycles. The van der Waals surface area contributed by atoms with Crippen LogP contribution in [0, 0.1) is 18.6 Å². The third kappa shape index (κ3) is 3.75. The van der Waals surface area contributed by atoms with Crippen molar-refractivity contribution in [3.63, 3.8) is 0 Å². The number of carbonyl (C=O) groups excluding carboxylic acids is 2. The van der Waals surface area contributed by atoms with Gasteiger partial charge in [0.15, 0.2) is 11.6 Å². The summed E-state index contributed by atoms with van der Waals surface area (Å²) in [5, 5.41) is 2.16. The van der Waals surface area contributed by atoms with Crippen molar-refractivity contribution >= 4 is 23.2 Å². The highest BCUT2D eigenvalue weighted by molar-refractivity contribution is 7.11. The summed E-state index contributed by atoms with van der Waals surface area (Å²) in [5.74, 6) is -2.38. The zero-order valence-corrected chi connectivity index (χ0v) is 16.3. The van der Waals surface area contributed by atoms with E-state index in [0.717, 1.165) is 6.07 Å². The summed E-state index contributed by atoms with van der Waals surface area (Å²) in [6, 6.07) is 9.36. The minimum atomic E-state index is -0.913. The van der Waals surface area contributed by atoms with Gasteiger partial charge < -0.3 is 4.74 Å². The number of nitrogens with zero attached hydrogens (tertiary/aromatic N) is 2. The molecule has 3 aromatic rings. The van der Waals surface area contributed by atoms with Crippen molar-refractivity contribution in [1.82, 2.24) is 9.88 Å². The number of imide groups is 1. The van der Waals surface area contributed by atoms with Crippen LogP contribution in [-0.4, -0.2) is 28.2 Å². The molecule has 0 unspecified atom stereocenters. The number of ether oxygens (including phenoxy) is 1. The molecule has 0 radical (unpaired) electrons. The van der Waals surface area contributed by atoms with Gasteiger partial charge in [0.05, 0.1) is 16.8 Å². The van der Waals surface area contributed by atoms with Gasteiger partial charge in [0.25, 0.3) is 17.0 Å². The van der Waals surface area contributed by atoms with Crippen LogP contribution in [0.2, 0.25) is 0 Å². The van der Waals surface area contributed by atoms with E-state index in [1.807, 2.05) is 0 Å². The highest BCUT2D eigenvalue weighted by Gasteiger charge is 2.34. The first-order valence-corrected chi connectivity index (χ1v) is 9.79. The molecule has 1 aliphatic heterocycles. The topological polar surface area (TPSA) is 59.5 Å². The van der Waals surface area contributed by atoms with Crippen LogP contribution < -0.4 is 4.74 Å². The van der Waals surface area contributed by atoms with Crippen LogP contribution in [0.15, 0.2) is 41.8 Å². The van der Waals surface area contributed by atoms with Crippen LogP contribution in [-0.2, 0) is 13.0 Å². The highest BCUT2D eigenvalue weighted by Crippen LogP contribution is 2.24. The maximum Gasteiger partial charge on any atom is 0.273 e. The Balaban J connectivity index is 1.36. The summed E-state index contributed by atoms with van der Waals surface area (Å²) >= 11 is 1.26. The molecule has 0 spiro atoms. The van der Waals surface area contributed by atoms with Gasteiger partial charge in [-0.15, -0.1) is 0 Å². The Morgan fingerprint density at radius 2 is 1.79 bits per heavy atom. The number of fused-ring (bicyclic) bond motifs is 1. The number of aromatic nitrogens is 1. The molecule has 0 fully saturated rings. The molecule has 0 N–H and O–H groups in total. The van der Waals surface area contributed by atoms with Crippen LogP contribution in [0.25, 0.3) is 0 Å². The lowest BCUT2D eigenvalue weighted by Crippen LogP contribution is -2.31. The Labute approximate surface area is 169 Å². The number of amides is 2. The number of thiazole rings is 1. The lowest BCUT2D eigenvalue weighted by Gasteiger charge is -2.12. The van der Waals surface area contributed by atoms with E-state index in [9.17, 15) is 18.4 Å². The van der Waals surface area contributed by atoms with Crippen molar-refractivity contribution in [3.05, 3.63) is 81.4 Å². The Morgan fingerprint density at radius 3 is 2.45 bits per heavy atom.